The van der Waals surface area contributed by atoms with Gasteiger partial charge >= 0.3 is 5.97 Å². The second-order valence-electron chi connectivity index (χ2n) is 6.14. The second-order valence-corrected chi connectivity index (χ2v) is 6.14. The van der Waals surface area contributed by atoms with Crippen LogP contribution in [-0.2, 0) is 6.42 Å². The minimum atomic E-state index is -1.01. The van der Waals surface area contributed by atoms with Crippen LogP contribution < -0.4 is 14.2 Å². The number of rotatable bonds is 8. The largest absolute Gasteiger partial charge is 0.493 e. The maximum Gasteiger partial charge on any atom is 0.339 e. The van der Waals surface area contributed by atoms with E-state index in [-0.39, 0.29) is 5.56 Å². The van der Waals surface area contributed by atoms with E-state index in [9.17, 15) is 9.90 Å². The third kappa shape index (κ3) is 4.26. The van der Waals surface area contributed by atoms with Crippen molar-refractivity contribution in [1.29, 1.82) is 0 Å². The van der Waals surface area contributed by atoms with Crippen LogP contribution in [0.4, 0.5) is 0 Å². The van der Waals surface area contributed by atoms with Gasteiger partial charge in [-0.2, -0.15) is 0 Å². The predicted molar refractivity (Wildman–Crippen MR) is 108 cm³/mol. The highest BCUT2D eigenvalue weighted by molar-refractivity contribution is 5.94. The Kier molecular flexibility index (Phi) is 6.17. The molecule has 3 rings (SSSR count). The summed E-state index contributed by atoms with van der Waals surface area (Å²) in [4.78, 5) is 11.7. The summed E-state index contributed by atoms with van der Waals surface area (Å²) in [6.07, 6.45) is 0.600. The van der Waals surface area contributed by atoms with E-state index >= 15 is 0 Å². The van der Waals surface area contributed by atoms with Gasteiger partial charge in [-0.3, -0.25) is 0 Å². The van der Waals surface area contributed by atoms with Gasteiger partial charge in [0.2, 0.25) is 0 Å². The molecule has 28 heavy (non-hydrogen) atoms. The molecular formula is C23H22O5. The number of carboxylic acid groups (broad SMARTS) is 1. The van der Waals surface area contributed by atoms with E-state index in [1.807, 2.05) is 54.6 Å². The lowest BCUT2D eigenvalue weighted by Crippen LogP contribution is -2.08. The molecule has 0 aliphatic rings. The first-order valence-corrected chi connectivity index (χ1v) is 8.89. The van der Waals surface area contributed by atoms with Gasteiger partial charge in [0, 0.05) is 12.0 Å². The maximum atomic E-state index is 11.7. The summed E-state index contributed by atoms with van der Waals surface area (Å²) in [6, 6.07) is 20.4. The summed E-state index contributed by atoms with van der Waals surface area (Å²) in [5.74, 6) is 0.672. The third-order valence-corrected chi connectivity index (χ3v) is 4.42. The Morgan fingerprint density at radius 3 is 2.32 bits per heavy atom. The van der Waals surface area contributed by atoms with Gasteiger partial charge in [0.25, 0.3) is 0 Å². The first-order valence-electron chi connectivity index (χ1n) is 8.89. The molecule has 0 aromatic heterocycles. The summed E-state index contributed by atoms with van der Waals surface area (Å²) < 4.78 is 16.5. The van der Waals surface area contributed by atoms with Crippen LogP contribution in [0, 0.1) is 0 Å². The van der Waals surface area contributed by atoms with Gasteiger partial charge in [0.05, 0.1) is 20.8 Å². The normalized spacial score (nSPS) is 10.4. The molecular weight excluding hydrogens is 356 g/mol. The summed E-state index contributed by atoms with van der Waals surface area (Å²) in [5, 5.41) is 9.57. The van der Waals surface area contributed by atoms with E-state index in [0.717, 1.165) is 16.7 Å². The SMILES string of the molecule is COc1ccc(CCOc2c(C(=O)O)cccc2-c2ccccc2)cc1OC. The van der Waals surface area contributed by atoms with Crippen molar-refractivity contribution in [2.75, 3.05) is 20.8 Å². The summed E-state index contributed by atoms with van der Waals surface area (Å²) >= 11 is 0. The number of hydrogen-bond acceptors (Lipinski definition) is 4. The number of hydrogen-bond donors (Lipinski definition) is 1. The molecule has 5 nitrogen and oxygen atoms in total. The second kappa shape index (κ2) is 8.95. The van der Waals surface area contributed by atoms with Gasteiger partial charge in [-0.05, 0) is 29.3 Å². The highest BCUT2D eigenvalue weighted by Gasteiger charge is 2.16. The standard InChI is InChI=1S/C23H22O5/c1-26-20-12-11-16(15-21(20)27-2)13-14-28-22-18(17-7-4-3-5-8-17)9-6-10-19(22)23(24)25/h3-12,15H,13-14H2,1-2H3,(H,24,25). The quantitative estimate of drug-likeness (QED) is 0.616. The number of carboxylic acids is 1. The van der Waals surface area contributed by atoms with E-state index in [2.05, 4.69) is 0 Å². The molecule has 0 heterocycles. The van der Waals surface area contributed by atoms with E-state index in [4.69, 9.17) is 14.2 Å². The van der Waals surface area contributed by atoms with Crippen LogP contribution in [0.3, 0.4) is 0 Å². The molecule has 0 atom stereocenters. The molecule has 0 aliphatic heterocycles. The number of aromatic carboxylic acids is 1. The topological polar surface area (TPSA) is 65.0 Å². The van der Waals surface area contributed by atoms with Gasteiger partial charge in [0.1, 0.15) is 11.3 Å². The molecule has 144 valence electrons. The Bertz CT molecular complexity index is 950. The van der Waals surface area contributed by atoms with E-state index in [0.29, 0.717) is 30.3 Å². The summed E-state index contributed by atoms with van der Waals surface area (Å²) in [7, 11) is 3.18. The number of carbonyl (C=O) groups is 1. The molecule has 0 spiro atoms. The van der Waals surface area contributed by atoms with Crippen LogP contribution >= 0.6 is 0 Å². The summed E-state index contributed by atoms with van der Waals surface area (Å²) in [6.45, 7) is 0.333. The number of ether oxygens (including phenoxy) is 3. The van der Waals surface area contributed by atoms with E-state index in [1.165, 1.54) is 0 Å². The van der Waals surface area contributed by atoms with Crippen LogP contribution in [0.2, 0.25) is 0 Å². The molecule has 0 aliphatic carbocycles. The molecule has 0 fully saturated rings. The lowest BCUT2D eigenvalue weighted by molar-refractivity contribution is 0.0692. The van der Waals surface area contributed by atoms with E-state index < -0.39 is 5.97 Å². The first-order chi connectivity index (χ1) is 13.6. The number of para-hydroxylation sites is 1. The zero-order chi connectivity index (χ0) is 19.9. The molecule has 0 bridgehead atoms. The zero-order valence-corrected chi connectivity index (χ0v) is 15.8. The Morgan fingerprint density at radius 2 is 1.64 bits per heavy atom. The van der Waals surface area contributed by atoms with Crippen molar-refractivity contribution < 1.29 is 24.1 Å². The van der Waals surface area contributed by atoms with Gasteiger partial charge in [-0.15, -0.1) is 0 Å². The molecule has 0 amide bonds. The van der Waals surface area contributed by atoms with Gasteiger partial charge < -0.3 is 19.3 Å². The van der Waals surface area contributed by atoms with Gasteiger partial charge in [0.15, 0.2) is 11.5 Å². The Hall–Kier alpha value is -3.47. The monoisotopic (exact) mass is 378 g/mol. The first kappa shape index (κ1) is 19.3. The Morgan fingerprint density at radius 1 is 0.893 bits per heavy atom. The van der Waals surface area contributed by atoms with Gasteiger partial charge in [-0.1, -0.05) is 48.5 Å². The van der Waals surface area contributed by atoms with Crippen LogP contribution in [0.15, 0.2) is 66.7 Å². The lowest BCUT2D eigenvalue weighted by atomic mass is 10.0. The van der Waals surface area contributed by atoms with E-state index in [1.54, 1.807) is 26.4 Å². The average molecular weight is 378 g/mol. The highest BCUT2D eigenvalue weighted by Crippen LogP contribution is 2.34. The molecule has 5 heteroatoms. The Labute approximate surface area is 164 Å². The molecule has 0 unspecified atom stereocenters. The van der Waals surface area contributed by atoms with Crippen LogP contribution in [0.25, 0.3) is 11.1 Å². The molecule has 1 N–H and O–H groups in total. The minimum Gasteiger partial charge on any atom is -0.493 e. The number of methoxy groups -OCH3 is 2. The zero-order valence-electron chi connectivity index (χ0n) is 15.8. The van der Waals surface area contributed by atoms with Crippen molar-refractivity contribution in [3.63, 3.8) is 0 Å². The van der Waals surface area contributed by atoms with Crippen molar-refractivity contribution in [3.05, 3.63) is 77.9 Å². The summed E-state index contributed by atoms with van der Waals surface area (Å²) in [5.41, 5.74) is 2.82. The lowest BCUT2D eigenvalue weighted by Gasteiger charge is -2.15. The molecule has 0 saturated carbocycles. The van der Waals surface area contributed by atoms with Crippen molar-refractivity contribution in [3.8, 4) is 28.4 Å². The van der Waals surface area contributed by atoms with Crippen molar-refractivity contribution in [2.45, 2.75) is 6.42 Å². The third-order valence-electron chi connectivity index (χ3n) is 4.42. The van der Waals surface area contributed by atoms with Crippen molar-refractivity contribution in [1.82, 2.24) is 0 Å². The maximum absolute atomic E-state index is 11.7. The van der Waals surface area contributed by atoms with Crippen molar-refractivity contribution in [2.24, 2.45) is 0 Å². The fourth-order valence-corrected chi connectivity index (χ4v) is 3.01. The molecule has 0 saturated heterocycles. The fraction of sp³-hybridized carbons (Fsp3) is 0.174. The Balaban J connectivity index is 1.83. The highest BCUT2D eigenvalue weighted by atomic mass is 16.5. The van der Waals surface area contributed by atoms with Crippen LogP contribution in [-0.4, -0.2) is 31.9 Å². The predicted octanol–water partition coefficient (Wildman–Crippen LogP) is 4.69. The molecule has 0 radical (unpaired) electrons. The van der Waals surface area contributed by atoms with Crippen molar-refractivity contribution >= 4 is 5.97 Å². The van der Waals surface area contributed by atoms with Crippen LogP contribution in [0.5, 0.6) is 17.2 Å². The minimum absolute atomic E-state index is 0.147. The smallest absolute Gasteiger partial charge is 0.339 e. The fourth-order valence-electron chi connectivity index (χ4n) is 3.01. The average Bonchev–Trinajstić information content (AvgIpc) is 2.74. The molecule has 3 aromatic carbocycles. The molecule has 3 aromatic rings. The number of benzene rings is 3. The van der Waals surface area contributed by atoms with Gasteiger partial charge in [-0.25, -0.2) is 4.79 Å². The van der Waals surface area contributed by atoms with Crippen LogP contribution in [0.1, 0.15) is 15.9 Å².